The molecule has 0 aliphatic carbocycles. The standard InChI is InChI=1S/C17H15N3O3/c1-10(18)14-4-6-16(22-14)17-7-5-15(23-17)13-3-2-11(8-20-13)12(19)9-21/h2-9,21H,1,18-19H2. The zero-order valence-electron chi connectivity index (χ0n) is 12.2. The number of nitrogens with zero attached hydrogens (tertiary/aromatic N) is 1. The van der Waals surface area contributed by atoms with Gasteiger partial charge < -0.3 is 25.4 Å². The van der Waals surface area contributed by atoms with Gasteiger partial charge in [-0.1, -0.05) is 6.58 Å². The molecule has 0 radical (unpaired) electrons. The van der Waals surface area contributed by atoms with Crippen molar-refractivity contribution in [2.75, 3.05) is 0 Å². The third-order valence-corrected chi connectivity index (χ3v) is 3.26. The highest BCUT2D eigenvalue weighted by molar-refractivity contribution is 5.65. The Morgan fingerprint density at radius 2 is 1.70 bits per heavy atom. The van der Waals surface area contributed by atoms with Crippen molar-refractivity contribution < 1.29 is 13.9 Å². The lowest BCUT2D eigenvalue weighted by Crippen LogP contribution is -1.96. The van der Waals surface area contributed by atoms with E-state index in [1.54, 1.807) is 42.6 Å². The SMILES string of the molecule is C=C(N)c1ccc(-c2ccc(-c3ccc(C(N)=CO)cn3)o2)o1. The van der Waals surface area contributed by atoms with Gasteiger partial charge in [0, 0.05) is 11.8 Å². The van der Waals surface area contributed by atoms with Crippen molar-refractivity contribution >= 4 is 11.4 Å². The first-order chi connectivity index (χ1) is 11.1. The molecule has 6 heteroatoms. The fourth-order valence-electron chi connectivity index (χ4n) is 2.04. The quantitative estimate of drug-likeness (QED) is 0.637. The van der Waals surface area contributed by atoms with E-state index in [0.717, 1.165) is 6.26 Å². The number of hydrogen-bond donors (Lipinski definition) is 3. The van der Waals surface area contributed by atoms with E-state index in [4.69, 9.17) is 25.4 Å². The summed E-state index contributed by atoms with van der Waals surface area (Å²) in [6, 6.07) is 10.6. The number of aromatic nitrogens is 1. The van der Waals surface area contributed by atoms with Gasteiger partial charge in [-0.3, -0.25) is 4.98 Å². The maximum absolute atomic E-state index is 8.89. The topological polar surface area (TPSA) is 111 Å². The van der Waals surface area contributed by atoms with E-state index in [1.807, 2.05) is 0 Å². The fourth-order valence-corrected chi connectivity index (χ4v) is 2.04. The molecule has 0 saturated heterocycles. The van der Waals surface area contributed by atoms with Crippen LogP contribution in [0.1, 0.15) is 11.3 Å². The largest absolute Gasteiger partial charge is 0.513 e. The molecule has 0 fully saturated rings. The zero-order chi connectivity index (χ0) is 16.4. The molecule has 6 nitrogen and oxygen atoms in total. The number of furan rings is 2. The lowest BCUT2D eigenvalue weighted by atomic mass is 10.2. The van der Waals surface area contributed by atoms with Crippen molar-refractivity contribution in [3.8, 4) is 23.0 Å². The Balaban J connectivity index is 1.87. The molecule has 3 aromatic rings. The van der Waals surface area contributed by atoms with Gasteiger partial charge in [0.25, 0.3) is 0 Å². The molecule has 0 amide bonds. The summed E-state index contributed by atoms with van der Waals surface area (Å²) >= 11 is 0. The van der Waals surface area contributed by atoms with Crippen LogP contribution in [0.15, 0.2) is 64.3 Å². The summed E-state index contributed by atoms with van der Waals surface area (Å²) in [6.45, 7) is 3.63. The Kier molecular flexibility index (Phi) is 3.64. The second-order valence-electron chi connectivity index (χ2n) is 4.87. The Morgan fingerprint density at radius 1 is 1.00 bits per heavy atom. The summed E-state index contributed by atoms with van der Waals surface area (Å²) < 4.78 is 11.3. The Hall–Kier alpha value is -3.41. The average molecular weight is 309 g/mol. The first kappa shape index (κ1) is 14.5. The number of hydrogen-bond acceptors (Lipinski definition) is 6. The molecule has 3 heterocycles. The van der Waals surface area contributed by atoms with Crippen molar-refractivity contribution in [2.24, 2.45) is 11.5 Å². The van der Waals surface area contributed by atoms with E-state index in [2.05, 4.69) is 11.6 Å². The minimum atomic E-state index is 0.245. The molecular weight excluding hydrogens is 294 g/mol. The number of aliphatic hydroxyl groups excluding tert-OH is 1. The van der Waals surface area contributed by atoms with Crippen LogP contribution >= 0.6 is 0 Å². The maximum atomic E-state index is 8.89. The van der Waals surface area contributed by atoms with E-state index in [1.165, 1.54) is 0 Å². The highest BCUT2D eigenvalue weighted by Crippen LogP contribution is 2.29. The summed E-state index contributed by atoms with van der Waals surface area (Å²) in [4.78, 5) is 4.27. The molecule has 3 aromatic heterocycles. The highest BCUT2D eigenvalue weighted by atomic mass is 16.4. The van der Waals surface area contributed by atoms with Crippen molar-refractivity contribution in [3.63, 3.8) is 0 Å². The monoisotopic (exact) mass is 309 g/mol. The highest BCUT2D eigenvalue weighted by Gasteiger charge is 2.12. The molecule has 0 aliphatic heterocycles. The molecule has 0 unspecified atom stereocenters. The summed E-state index contributed by atoms with van der Waals surface area (Å²) in [5.41, 5.74) is 13.1. The number of rotatable bonds is 4. The van der Waals surface area contributed by atoms with E-state index >= 15 is 0 Å². The van der Waals surface area contributed by atoms with Gasteiger partial charge in [0.05, 0.1) is 11.4 Å². The average Bonchev–Trinajstić information content (AvgIpc) is 3.23. The smallest absolute Gasteiger partial charge is 0.170 e. The Labute approximate surface area is 132 Å². The van der Waals surface area contributed by atoms with Crippen LogP contribution in [0, 0.1) is 0 Å². The van der Waals surface area contributed by atoms with Crippen LogP contribution in [0.4, 0.5) is 0 Å². The summed E-state index contributed by atoms with van der Waals surface area (Å²) in [5, 5.41) is 8.89. The molecule has 5 N–H and O–H groups in total. The minimum absolute atomic E-state index is 0.245. The molecule has 0 spiro atoms. The first-order valence-corrected chi connectivity index (χ1v) is 6.80. The van der Waals surface area contributed by atoms with Crippen LogP contribution in [0.5, 0.6) is 0 Å². The first-order valence-electron chi connectivity index (χ1n) is 6.80. The lowest BCUT2D eigenvalue weighted by molar-refractivity contribution is 0.475. The maximum Gasteiger partial charge on any atom is 0.170 e. The van der Waals surface area contributed by atoms with Crippen molar-refractivity contribution in [3.05, 3.63) is 66.8 Å². The second-order valence-corrected chi connectivity index (χ2v) is 4.87. The van der Waals surface area contributed by atoms with E-state index in [9.17, 15) is 0 Å². The van der Waals surface area contributed by atoms with Gasteiger partial charge >= 0.3 is 0 Å². The van der Waals surface area contributed by atoms with Gasteiger partial charge in [-0.2, -0.15) is 0 Å². The number of pyridine rings is 1. The van der Waals surface area contributed by atoms with Gasteiger partial charge in [0.15, 0.2) is 17.3 Å². The summed E-state index contributed by atoms with van der Waals surface area (Å²) in [5.74, 6) is 2.21. The van der Waals surface area contributed by atoms with Crippen LogP contribution in [-0.4, -0.2) is 10.1 Å². The lowest BCUT2D eigenvalue weighted by Gasteiger charge is -2.01. The van der Waals surface area contributed by atoms with Gasteiger partial charge in [-0.25, -0.2) is 0 Å². The van der Waals surface area contributed by atoms with E-state index in [-0.39, 0.29) is 5.70 Å². The number of nitrogens with two attached hydrogens (primary N) is 2. The van der Waals surface area contributed by atoms with Gasteiger partial charge in [-0.05, 0) is 36.4 Å². The normalized spacial score (nSPS) is 11.6. The predicted molar refractivity (Wildman–Crippen MR) is 87.7 cm³/mol. The van der Waals surface area contributed by atoms with Gasteiger partial charge in [0.1, 0.15) is 17.7 Å². The van der Waals surface area contributed by atoms with Crippen LogP contribution < -0.4 is 11.5 Å². The molecule has 116 valence electrons. The van der Waals surface area contributed by atoms with E-state index in [0.29, 0.717) is 40.0 Å². The minimum Gasteiger partial charge on any atom is -0.513 e. The van der Waals surface area contributed by atoms with Crippen molar-refractivity contribution in [2.45, 2.75) is 0 Å². The molecular formula is C17H15N3O3. The summed E-state index contributed by atoms with van der Waals surface area (Å²) in [7, 11) is 0. The molecule has 23 heavy (non-hydrogen) atoms. The van der Waals surface area contributed by atoms with Crippen LogP contribution in [0.3, 0.4) is 0 Å². The van der Waals surface area contributed by atoms with Crippen molar-refractivity contribution in [1.29, 1.82) is 0 Å². The van der Waals surface area contributed by atoms with E-state index < -0.39 is 0 Å². The predicted octanol–water partition coefficient (Wildman–Crippen LogP) is 3.35. The third-order valence-electron chi connectivity index (χ3n) is 3.26. The summed E-state index contributed by atoms with van der Waals surface area (Å²) in [6.07, 6.45) is 2.39. The molecule has 0 aliphatic rings. The second kappa shape index (κ2) is 5.76. The fraction of sp³-hybridized carbons (Fsp3) is 0. The van der Waals surface area contributed by atoms with Crippen molar-refractivity contribution in [1.82, 2.24) is 4.98 Å². The van der Waals surface area contributed by atoms with Crippen LogP contribution in [-0.2, 0) is 0 Å². The molecule has 0 saturated carbocycles. The molecule has 3 rings (SSSR count). The molecule has 0 aromatic carbocycles. The molecule has 0 atom stereocenters. The third kappa shape index (κ3) is 2.82. The molecule has 0 bridgehead atoms. The van der Waals surface area contributed by atoms with Gasteiger partial charge in [-0.15, -0.1) is 0 Å². The van der Waals surface area contributed by atoms with Crippen LogP contribution in [0.2, 0.25) is 0 Å². The van der Waals surface area contributed by atoms with Gasteiger partial charge in [0.2, 0.25) is 0 Å². The Morgan fingerprint density at radius 3 is 2.30 bits per heavy atom. The Bertz CT molecular complexity index is 873. The zero-order valence-corrected chi connectivity index (χ0v) is 12.2. The number of aliphatic hydroxyl groups is 1. The van der Waals surface area contributed by atoms with Crippen LogP contribution in [0.25, 0.3) is 34.4 Å².